The summed E-state index contributed by atoms with van der Waals surface area (Å²) in [6.07, 6.45) is 1.37. The minimum Gasteiger partial charge on any atom is -0.476 e. The molecule has 7 heteroatoms. The predicted octanol–water partition coefficient (Wildman–Crippen LogP) is 1.74. The Balaban J connectivity index is 2.18. The molecule has 2 rings (SSSR count). The van der Waals surface area contributed by atoms with Gasteiger partial charge in [0, 0.05) is 4.88 Å². The largest absolute Gasteiger partial charge is 0.476 e. The van der Waals surface area contributed by atoms with Gasteiger partial charge in [0.2, 0.25) is 0 Å². The number of hydrogen-bond donors (Lipinski definition) is 1. The summed E-state index contributed by atoms with van der Waals surface area (Å²) in [5.74, 6) is -1.08. The summed E-state index contributed by atoms with van der Waals surface area (Å²) >= 11 is 7.39. The number of aromatic carboxylic acids is 1. The molecule has 5 nitrogen and oxygen atoms in total. The Morgan fingerprint density at radius 2 is 2.47 bits per heavy atom. The molecule has 0 fully saturated rings. The van der Waals surface area contributed by atoms with Crippen LogP contribution in [0, 0.1) is 0 Å². The minimum absolute atomic E-state index is 0.0670. The second-order valence-corrected chi connectivity index (χ2v) is 4.21. The molecule has 0 saturated heterocycles. The number of thiophene rings is 1. The van der Waals surface area contributed by atoms with Gasteiger partial charge in [0.05, 0.1) is 17.8 Å². The van der Waals surface area contributed by atoms with Crippen molar-refractivity contribution in [1.29, 1.82) is 0 Å². The average molecular weight is 244 g/mol. The summed E-state index contributed by atoms with van der Waals surface area (Å²) in [7, 11) is 0. The summed E-state index contributed by atoms with van der Waals surface area (Å²) in [5.41, 5.74) is -0.0670. The third-order valence-electron chi connectivity index (χ3n) is 1.75. The van der Waals surface area contributed by atoms with Crippen LogP contribution in [0.4, 0.5) is 0 Å². The van der Waals surface area contributed by atoms with Gasteiger partial charge in [-0.2, -0.15) is 0 Å². The van der Waals surface area contributed by atoms with Crippen molar-refractivity contribution in [3.05, 3.63) is 33.2 Å². The lowest BCUT2D eigenvalue weighted by Gasteiger charge is -1.96. The van der Waals surface area contributed by atoms with E-state index in [1.807, 2.05) is 5.38 Å². The first kappa shape index (κ1) is 10.1. The van der Waals surface area contributed by atoms with E-state index >= 15 is 0 Å². The summed E-state index contributed by atoms with van der Waals surface area (Å²) in [4.78, 5) is 11.5. The van der Waals surface area contributed by atoms with E-state index in [2.05, 4.69) is 10.3 Å². The molecule has 0 radical (unpaired) electrons. The number of hydrogen-bond acceptors (Lipinski definition) is 4. The molecule has 0 bridgehead atoms. The Morgan fingerprint density at radius 3 is 3.00 bits per heavy atom. The van der Waals surface area contributed by atoms with Crippen LogP contribution >= 0.6 is 22.9 Å². The Kier molecular flexibility index (Phi) is 2.70. The van der Waals surface area contributed by atoms with Crippen molar-refractivity contribution in [1.82, 2.24) is 15.0 Å². The third-order valence-corrected chi connectivity index (χ3v) is 3.13. The van der Waals surface area contributed by atoms with Crippen molar-refractivity contribution < 1.29 is 9.90 Å². The van der Waals surface area contributed by atoms with E-state index in [1.165, 1.54) is 22.2 Å². The molecule has 1 N–H and O–H groups in total. The van der Waals surface area contributed by atoms with Gasteiger partial charge in [-0.15, -0.1) is 16.4 Å². The number of carboxylic acids is 1. The molecule has 2 aromatic heterocycles. The summed E-state index contributed by atoms with van der Waals surface area (Å²) in [6.45, 7) is 0.441. The Labute approximate surface area is 93.9 Å². The zero-order chi connectivity index (χ0) is 10.8. The highest BCUT2D eigenvalue weighted by molar-refractivity contribution is 7.10. The molecule has 0 spiro atoms. The SMILES string of the molecule is O=C(O)c1cn(Cc2sccc2Cl)nn1. The van der Waals surface area contributed by atoms with Gasteiger partial charge in [0.25, 0.3) is 0 Å². The normalized spacial score (nSPS) is 10.5. The molecule has 0 aliphatic carbocycles. The van der Waals surface area contributed by atoms with Crippen molar-refractivity contribution in [2.75, 3.05) is 0 Å². The van der Waals surface area contributed by atoms with Crippen LogP contribution in [0.25, 0.3) is 0 Å². The molecule has 0 saturated carbocycles. The number of aromatic nitrogens is 3. The van der Waals surface area contributed by atoms with Gasteiger partial charge in [-0.1, -0.05) is 16.8 Å². The average Bonchev–Trinajstić information content (AvgIpc) is 2.77. The summed E-state index contributed by atoms with van der Waals surface area (Å²) < 4.78 is 1.45. The first-order chi connectivity index (χ1) is 7.16. The van der Waals surface area contributed by atoms with Gasteiger partial charge in [0.1, 0.15) is 0 Å². The quantitative estimate of drug-likeness (QED) is 0.892. The zero-order valence-corrected chi connectivity index (χ0v) is 8.99. The van der Waals surface area contributed by atoms with Crippen molar-refractivity contribution in [3.8, 4) is 0 Å². The Bertz CT molecular complexity index is 494. The van der Waals surface area contributed by atoms with E-state index in [9.17, 15) is 4.79 Å². The molecule has 78 valence electrons. The molecule has 2 heterocycles. The van der Waals surface area contributed by atoms with Crippen LogP contribution in [0.5, 0.6) is 0 Å². The van der Waals surface area contributed by atoms with E-state index in [4.69, 9.17) is 16.7 Å². The molecular weight excluding hydrogens is 238 g/mol. The zero-order valence-electron chi connectivity index (χ0n) is 7.42. The predicted molar refractivity (Wildman–Crippen MR) is 55.4 cm³/mol. The van der Waals surface area contributed by atoms with Gasteiger partial charge in [0.15, 0.2) is 5.69 Å². The highest BCUT2D eigenvalue weighted by Crippen LogP contribution is 2.22. The molecule has 0 aromatic carbocycles. The second-order valence-electron chi connectivity index (χ2n) is 2.80. The topological polar surface area (TPSA) is 68.0 Å². The monoisotopic (exact) mass is 243 g/mol. The molecular formula is C8H6ClN3O2S. The lowest BCUT2D eigenvalue weighted by molar-refractivity contribution is 0.0690. The van der Waals surface area contributed by atoms with E-state index in [1.54, 1.807) is 6.07 Å². The fourth-order valence-electron chi connectivity index (χ4n) is 1.06. The van der Waals surface area contributed by atoms with E-state index in [-0.39, 0.29) is 5.69 Å². The van der Waals surface area contributed by atoms with E-state index in [0.717, 1.165) is 4.88 Å². The second kappa shape index (κ2) is 4.00. The number of carboxylic acid groups (broad SMARTS) is 1. The van der Waals surface area contributed by atoms with Crippen molar-refractivity contribution in [2.24, 2.45) is 0 Å². The Morgan fingerprint density at radius 1 is 1.67 bits per heavy atom. The van der Waals surface area contributed by atoms with Crippen molar-refractivity contribution >= 4 is 28.9 Å². The maximum Gasteiger partial charge on any atom is 0.358 e. The van der Waals surface area contributed by atoms with Crippen LogP contribution in [0.15, 0.2) is 17.6 Å². The minimum atomic E-state index is -1.08. The standard InChI is InChI=1S/C8H6ClN3O2S/c9-5-1-2-15-7(5)4-12-3-6(8(13)14)10-11-12/h1-3H,4H2,(H,13,14). The highest BCUT2D eigenvalue weighted by atomic mass is 35.5. The number of rotatable bonds is 3. The van der Waals surface area contributed by atoms with E-state index < -0.39 is 5.97 Å². The van der Waals surface area contributed by atoms with Gasteiger partial charge < -0.3 is 5.11 Å². The number of carbonyl (C=O) groups is 1. The van der Waals surface area contributed by atoms with Crippen molar-refractivity contribution in [2.45, 2.75) is 6.54 Å². The molecule has 0 unspecified atom stereocenters. The first-order valence-electron chi connectivity index (χ1n) is 4.02. The third kappa shape index (κ3) is 2.16. The van der Waals surface area contributed by atoms with Crippen LogP contribution in [0.1, 0.15) is 15.4 Å². The molecule has 15 heavy (non-hydrogen) atoms. The molecule has 0 amide bonds. The maximum atomic E-state index is 10.5. The smallest absolute Gasteiger partial charge is 0.358 e. The number of nitrogens with zero attached hydrogens (tertiary/aromatic N) is 3. The molecule has 2 aromatic rings. The fraction of sp³-hybridized carbons (Fsp3) is 0.125. The van der Waals surface area contributed by atoms with Gasteiger partial charge in [-0.3, -0.25) is 0 Å². The van der Waals surface area contributed by atoms with Gasteiger partial charge in [-0.05, 0) is 11.4 Å². The lowest BCUT2D eigenvalue weighted by Crippen LogP contribution is -1.99. The van der Waals surface area contributed by atoms with Crippen LogP contribution in [-0.4, -0.2) is 26.1 Å². The van der Waals surface area contributed by atoms with Crippen LogP contribution in [0.3, 0.4) is 0 Å². The lowest BCUT2D eigenvalue weighted by atomic mass is 10.4. The van der Waals surface area contributed by atoms with Crippen LogP contribution in [0.2, 0.25) is 5.02 Å². The maximum absolute atomic E-state index is 10.5. The highest BCUT2D eigenvalue weighted by Gasteiger charge is 2.09. The number of halogens is 1. The van der Waals surface area contributed by atoms with Crippen LogP contribution in [-0.2, 0) is 6.54 Å². The van der Waals surface area contributed by atoms with Gasteiger partial charge >= 0.3 is 5.97 Å². The fourth-order valence-corrected chi connectivity index (χ4v) is 2.15. The van der Waals surface area contributed by atoms with Gasteiger partial charge in [-0.25, -0.2) is 9.48 Å². The Hall–Kier alpha value is -1.40. The summed E-state index contributed by atoms with van der Waals surface area (Å²) in [6, 6.07) is 1.79. The molecule has 0 aliphatic rings. The molecule has 0 atom stereocenters. The summed E-state index contributed by atoms with van der Waals surface area (Å²) in [5, 5.41) is 18.4. The van der Waals surface area contributed by atoms with Crippen molar-refractivity contribution in [3.63, 3.8) is 0 Å². The first-order valence-corrected chi connectivity index (χ1v) is 5.28. The molecule has 0 aliphatic heterocycles. The van der Waals surface area contributed by atoms with E-state index in [0.29, 0.717) is 11.6 Å². The van der Waals surface area contributed by atoms with Crippen LogP contribution < -0.4 is 0 Å².